The first kappa shape index (κ1) is 18.4. The first-order valence-corrected chi connectivity index (χ1v) is 10.9. The summed E-state index contributed by atoms with van der Waals surface area (Å²) in [5.41, 5.74) is 3.55. The Hall–Kier alpha value is -1.94. The maximum Gasteiger partial charge on any atom is 0.248 e. The third-order valence-electron chi connectivity index (χ3n) is 4.92. The topological polar surface area (TPSA) is 78.0 Å². The van der Waals surface area contributed by atoms with E-state index in [0.717, 1.165) is 20.4 Å². The highest BCUT2D eigenvalue weighted by molar-refractivity contribution is 14.1. The maximum absolute atomic E-state index is 13.5. The summed E-state index contributed by atoms with van der Waals surface area (Å²) >= 11 is 2.18. The van der Waals surface area contributed by atoms with Crippen LogP contribution in [-0.2, 0) is 10.0 Å². The predicted octanol–water partition coefficient (Wildman–Crippen LogP) is 4.52. The van der Waals surface area contributed by atoms with E-state index in [2.05, 4.69) is 32.7 Å². The van der Waals surface area contributed by atoms with Gasteiger partial charge in [-0.2, -0.15) is 0 Å². The molecule has 0 bridgehead atoms. The standard InChI is InChI=1S/C19H18IN3O3S/c1-12-18(13(2)26-22-12)14-9-17-16(21-11-14)6-8-23(17)27(24,25)19(3)7-4-5-15(20)10-19/h4-9,11H,10H2,1-3H3. The first-order valence-electron chi connectivity index (χ1n) is 8.42. The highest BCUT2D eigenvalue weighted by Crippen LogP contribution is 2.36. The van der Waals surface area contributed by atoms with Gasteiger partial charge in [0.15, 0.2) is 0 Å². The fourth-order valence-electron chi connectivity index (χ4n) is 3.44. The van der Waals surface area contributed by atoms with Crippen LogP contribution in [0.2, 0.25) is 0 Å². The average molecular weight is 495 g/mol. The number of rotatable bonds is 3. The van der Waals surface area contributed by atoms with Crippen molar-refractivity contribution >= 4 is 43.6 Å². The minimum absolute atomic E-state index is 0.447. The van der Waals surface area contributed by atoms with Gasteiger partial charge in [-0.05, 0) is 59.1 Å². The zero-order valence-corrected chi connectivity index (χ0v) is 18.1. The lowest BCUT2D eigenvalue weighted by Gasteiger charge is -2.28. The molecule has 140 valence electrons. The number of aryl methyl sites for hydroxylation is 2. The summed E-state index contributed by atoms with van der Waals surface area (Å²) in [5.74, 6) is 0.677. The van der Waals surface area contributed by atoms with Crippen LogP contribution in [0.15, 0.2) is 50.9 Å². The molecule has 1 aliphatic rings. The monoisotopic (exact) mass is 495 g/mol. The number of pyridine rings is 1. The van der Waals surface area contributed by atoms with Gasteiger partial charge in [-0.1, -0.05) is 23.4 Å². The van der Waals surface area contributed by atoms with E-state index < -0.39 is 14.8 Å². The number of hydrogen-bond acceptors (Lipinski definition) is 5. The third-order valence-corrected chi connectivity index (χ3v) is 7.95. The van der Waals surface area contributed by atoms with E-state index in [1.54, 1.807) is 31.5 Å². The van der Waals surface area contributed by atoms with Crippen LogP contribution in [0.4, 0.5) is 0 Å². The molecule has 0 fully saturated rings. The van der Waals surface area contributed by atoms with Gasteiger partial charge in [-0.15, -0.1) is 0 Å². The summed E-state index contributed by atoms with van der Waals surface area (Å²) in [5, 5.41) is 3.98. The highest BCUT2D eigenvalue weighted by atomic mass is 127. The Morgan fingerprint density at radius 1 is 1.33 bits per heavy atom. The molecule has 0 saturated heterocycles. The Balaban J connectivity index is 1.89. The van der Waals surface area contributed by atoms with Crippen LogP contribution in [0, 0.1) is 13.8 Å². The SMILES string of the molecule is Cc1noc(C)c1-c1cnc2ccn(S(=O)(=O)C3(C)C=CC=C(I)C3)c2c1. The largest absolute Gasteiger partial charge is 0.361 e. The molecule has 4 rings (SSSR count). The van der Waals surface area contributed by atoms with Crippen LogP contribution < -0.4 is 0 Å². The Labute approximate surface area is 171 Å². The van der Waals surface area contributed by atoms with E-state index in [-0.39, 0.29) is 0 Å². The van der Waals surface area contributed by atoms with E-state index in [1.165, 1.54) is 3.97 Å². The molecule has 8 heteroatoms. The molecule has 1 aliphatic carbocycles. The number of nitrogens with zero attached hydrogens (tertiary/aromatic N) is 3. The van der Waals surface area contributed by atoms with Crippen LogP contribution in [-0.4, -0.2) is 27.3 Å². The Kier molecular flexibility index (Phi) is 4.30. The molecule has 0 aromatic carbocycles. The molecule has 0 amide bonds. The van der Waals surface area contributed by atoms with Gasteiger partial charge in [-0.25, -0.2) is 12.4 Å². The quantitative estimate of drug-likeness (QED) is 0.500. The van der Waals surface area contributed by atoms with Gasteiger partial charge < -0.3 is 4.52 Å². The molecule has 3 aromatic rings. The number of halogens is 1. The van der Waals surface area contributed by atoms with Crippen LogP contribution in [0.3, 0.4) is 0 Å². The number of aromatic nitrogens is 3. The van der Waals surface area contributed by atoms with Crippen molar-refractivity contribution in [3.8, 4) is 11.1 Å². The van der Waals surface area contributed by atoms with Crippen LogP contribution in [0.25, 0.3) is 22.2 Å². The highest BCUT2D eigenvalue weighted by Gasteiger charge is 2.40. The van der Waals surface area contributed by atoms with Crippen molar-refractivity contribution in [2.45, 2.75) is 31.9 Å². The zero-order valence-electron chi connectivity index (χ0n) is 15.1. The van der Waals surface area contributed by atoms with Crippen molar-refractivity contribution in [1.29, 1.82) is 0 Å². The lowest BCUT2D eigenvalue weighted by molar-refractivity contribution is 0.393. The van der Waals surface area contributed by atoms with E-state index in [1.807, 2.05) is 32.1 Å². The molecule has 27 heavy (non-hydrogen) atoms. The lowest BCUT2D eigenvalue weighted by Crippen LogP contribution is -2.38. The molecule has 6 nitrogen and oxygen atoms in total. The third kappa shape index (κ3) is 2.85. The minimum atomic E-state index is -3.68. The molecule has 3 aromatic heterocycles. The summed E-state index contributed by atoms with van der Waals surface area (Å²) in [6, 6.07) is 3.56. The molecular weight excluding hydrogens is 477 g/mol. The van der Waals surface area contributed by atoms with Crippen molar-refractivity contribution < 1.29 is 12.9 Å². The zero-order chi connectivity index (χ0) is 19.4. The van der Waals surface area contributed by atoms with Crippen molar-refractivity contribution in [3.05, 3.63) is 57.8 Å². The Morgan fingerprint density at radius 3 is 2.78 bits per heavy atom. The Bertz CT molecular complexity index is 1200. The molecule has 0 radical (unpaired) electrons. The first-order chi connectivity index (χ1) is 12.7. The molecule has 0 spiro atoms. The van der Waals surface area contributed by atoms with Gasteiger partial charge in [-0.3, -0.25) is 4.98 Å². The fourth-order valence-corrected chi connectivity index (χ4v) is 6.36. The predicted molar refractivity (Wildman–Crippen MR) is 113 cm³/mol. The minimum Gasteiger partial charge on any atom is -0.361 e. The molecule has 0 N–H and O–H groups in total. The van der Waals surface area contributed by atoms with Crippen molar-refractivity contribution in [1.82, 2.24) is 14.1 Å². The van der Waals surface area contributed by atoms with Gasteiger partial charge in [0.05, 0.1) is 16.7 Å². The number of allylic oxidation sites excluding steroid dienone is 3. The molecular formula is C19H18IN3O3S. The summed E-state index contributed by atoms with van der Waals surface area (Å²) in [7, 11) is -3.68. The van der Waals surface area contributed by atoms with E-state index in [4.69, 9.17) is 4.52 Å². The Morgan fingerprint density at radius 2 is 2.11 bits per heavy atom. The molecule has 0 saturated carbocycles. The summed E-state index contributed by atoms with van der Waals surface area (Å²) in [6.45, 7) is 5.44. The van der Waals surface area contributed by atoms with Crippen molar-refractivity contribution in [2.75, 3.05) is 0 Å². The van der Waals surface area contributed by atoms with Crippen LogP contribution >= 0.6 is 22.6 Å². The summed E-state index contributed by atoms with van der Waals surface area (Å²) < 4.78 is 33.6. The fraction of sp³-hybridized carbons (Fsp3) is 0.263. The van der Waals surface area contributed by atoms with E-state index in [9.17, 15) is 8.42 Å². The molecule has 1 unspecified atom stereocenters. The number of hydrogen-bond donors (Lipinski definition) is 0. The van der Waals surface area contributed by atoms with Crippen LogP contribution in [0.1, 0.15) is 24.8 Å². The number of fused-ring (bicyclic) bond motifs is 1. The average Bonchev–Trinajstić information content (AvgIpc) is 3.17. The molecule has 0 aliphatic heterocycles. The second-order valence-corrected chi connectivity index (χ2v) is 10.6. The van der Waals surface area contributed by atoms with Gasteiger partial charge in [0, 0.05) is 29.9 Å². The van der Waals surface area contributed by atoms with Gasteiger partial charge in [0.2, 0.25) is 10.0 Å². The van der Waals surface area contributed by atoms with Crippen molar-refractivity contribution in [2.24, 2.45) is 0 Å². The lowest BCUT2D eigenvalue weighted by atomic mass is 10.0. The summed E-state index contributed by atoms with van der Waals surface area (Å²) in [4.78, 5) is 4.45. The molecule has 1 atom stereocenters. The van der Waals surface area contributed by atoms with Crippen LogP contribution in [0.5, 0.6) is 0 Å². The van der Waals surface area contributed by atoms with Crippen molar-refractivity contribution in [3.63, 3.8) is 0 Å². The second-order valence-electron chi connectivity index (χ2n) is 6.91. The van der Waals surface area contributed by atoms with E-state index >= 15 is 0 Å². The smallest absolute Gasteiger partial charge is 0.248 e. The van der Waals surface area contributed by atoms with E-state index in [0.29, 0.717) is 23.2 Å². The van der Waals surface area contributed by atoms with Gasteiger partial charge in [0.25, 0.3) is 0 Å². The van der Waals surface area contributed by atoms with Gasteiger partial charge in [0.1, 0.15) is 10.5 Å². The second kappa shape index (κ2) is 6.30. The maximum atomic E-state index is 13.5. The summed E-state index contributed by atoms with van der Waals surface area (Å²) in [6.07, 6.45) is 9.24. The molecule has 3 heterocycles. The van der Waals surface area contributed by atoms with Gasteiger partial charge >= 0.3 is 0 Å². The normalized spacial score (nSPS) is 20.2.